The van der Waals surface area contributed by atoms with Crippen LogP contribution in [0.1, 0.15) is 40.0 Å². The zero-order valence-corrected chi connectivity index (χ0v) is 14.2. The van der Waals surface area contributed by atoms with E-state index in [4.69, 9.17) is 13.3 Å². The maximum Gasteiger partial charge on any atom is 0.566 e. The number of phenols is 1. The molecule has 4 nitrogen and oxygen atoms in total. The summed E-state index contributed by atoms with van der Waals surface area (Å²) in [5.74, 6) is 1.26. The SMILES string of the molecule is CCC[C@@H]1O[Si](CC)(Oc2cccc(O)c2)OC[C@@H]1CC. The summed E-state index contributed by atoms with van der Waals surface area (Å²) in [4.78, 5) is 0. The molecule has 0 aromatic heterocycles. The lowest BCUT2D eigenvalue weighted by Crippen LogP contribution is -2.57. The highest BCUT2D eigenvalue weighted by atomic mass is 28.4. The van der Waals surface area contributed by atoms with Crippen LogP contribution in [0.5, 0.6) is 11.5 Å². The average Bonchev–Trinajstić information content (AvgIpc) is 2.48. The molecule has 1 heterocycles. The van der Waals surface area contributed by atoms with Gasteiger partial charge in [0.1, 0.15) is 11.5 Å². The smallest absolute Gasteiger partial charge is 0.508 e. The molecule has 3 atom stereocenters. The van der Waals surface area contributed by atoms with E-state index in [1.165, 1.54) is 0 Å². The third-order valence-corrected chi connectivity index (χ3v) is 6.68. The molecule has 1 aliphatic rings. The summed E-state index contributed by atoms with van der Waals surface area (Å²) in [6.07, 6.45) is 3.42. The average molecular weight is 310 g/mol. The van der Waals surface area contributed by atoms with E-state index in [2.05, 4.69) is 13.8 Å². The highest BCUT2D eigenvalue weighted by Gasteiger charge is 2.49. The van der Waals surface area contributed by atoms with Crippen molar-refractivity contribution in [1.29, 1.82) is 0 Å². The van der Waals surface area contributed by atoms with Crippen molar-refractivity contribution < 1.29 is 18.4 Å². The van der Waals surface area contributed by atoms with Crippen molar-refractivity contribution in [2.75, 3.05) is 6.61 Å². The van der Waals surface area contributed by atoms with Crippen molar-refractivity contribution >= 4 is 8.80 Å². The fourth-order valence-corrected chi connectivity index (χ4v) is 5.12. The van der Waals surface area contributed by atoms with Gasteiger partial charge in [-0.05, 0) is 25.0 Å². The quantitative estimate of drug-likeness (QED) is 0.808. The Morgan fingerprint density at radius 3 is 2.76 bits per heavy atom. The van der Waals surface area contributed by atoms with Crippen molar-refractivity contribution in [2.24, 2.45) is 5.92 Å². The predicted molar refractivity (Wildman–Crippen MR) is 84.5 cm³/mol. The molecule has 1 aromatic rings. The van der Waals surface area contributed by atoms with Crippen LogP contribution in [0.25, 0.3) is 0 Å². The van der Waals surface area contributed by atoms with E-state index in [9.17, 15) is 5.11 Å². The molecular formula is C16H26O4Si. The van der Waals surface area contributed by atoms with Gasteiger partial charge in [0, 0.05) is 24.6 Å². The number of aromatic hydroxyl groups is 1. The Bertz CT molecular complexity index is 454. The van der Waals surface area contributed by atoms with Crippen molar-refractivity contribution in [3.63, 3.8) is 0 Å². The molecule has 0 saturated carbocycles. The van der Waals surface area contributed by atoms with E-state index in [-0.39, 0.29) is 11.9 Å². The van der Waals surface area contributed by atoms with Crippen LogP contribution >= 0.6 is 0 Å². The van der Waals surface area contributed by atoms with E-state index >= 15 is 0 Å². The number of rotatable bonds is 6. The maximum absolute atomic E-state index is 9.57. The fourth-order valence-electron chi connectivity index (χ4n) is 2.70. The predicted octanol–water partition coefficient (Wildman–Crippen LogP) is 3.97. The highest BCUT2D eigenvalue weighted by Crippen LogP contribution is 2.33. The fraction of sp³-hybridized carbons (Fsp3) is 0.625. The van der Waals surface area contributed by atoms with Crippen LogP contribution in [0.15, 0.2) is 24.3 Å². The molecule has 118 valence electrons. The third kappa shape index (κ3) is 3.99. The van der Waals surface area contributed by atoms with Crippen LogP contribution in [0.3, 0.4) is 0 Å². The normalized spacial score (nSPS) is 29.3. The second-order valence-corrected chi connectivity index (χ2v) is 8.36. The summed E-state index contributed by atoms with van der Waals surface area (Å²) in [5, 5.41) is 9.57. The summed E-state index contributed by atoms with van der Waals surface area (Å²) >= 11 is 0. The van der Waals surface area contributed by atoms with Crippen molar-refractivity contribution in [2.45, 2.75) is 52.2 Å². The number of hydrogen-bond donors (Lipinski definition) is 1. The zero-order valence-electron chi connectivity index (χ0n) is 13.2. The van der Waals surface area contributed by atoms with Crippen LogP contribution in [-0.2, 0) is 8.85 Å². The Hall–Kier alpha value is -1.04. The lowest BCUT2D eigenvalue weighted by atomic mass is 9.97. The Labute approximate surface area is 128 Å². The van der Waals surface area contributed by atoms with Gasteiger partial charge in [-0.3, -0.25) is 0 Å². The van der Waals surface area contributed by atoms with E-state index in [0.29, 0.717) is 18.3 Å². The Kier molecular flexibility index (Phi) is 5.67. The van der Waals surface area contributed by atoms with Crippen LogP contribution in [0.4, 0.5) is 0 Å². The molecule has 0 bridgehead atoms. The summed E-state index contributed by atoms with van der Waals surface area (Å²) < 4.78 is 18.5. The Balaban J connectivity index is 2.13. The molecule has 1 unspecified atom stereocenters. The van der Waals surface area contributed by atoms with Crippen LogP contribution in [0.2, 0.25) is 6.04 Å². The zero-order chi connectivity index (χ0) is 15.3. The van der Waals surface area contributed by atoms with Gasteiger partial charge in [-0.2, -0.15) is 0 Å². The van der Waals surface area contributed by atoms with Crippen molar-refractivity contribution in [3.05, 3.63) is 24.3 Å². The molecule has 0 radical (unpaired) electrons. The molecule has 1 aliphatic heterocycles. The lowest BCUT2D eigenvalue weighted by Gasteiger charge is -2.41. The van der Waals surface area contributed by atoms with Gasteiger partial charge in [0.2, 0.25) is 0 Å². The summed E-state index contributed by atoms with van der Waals surface area (Å²) in [6, 6.07) is 7.57. The van der Waals surface area contributed by atoms with E-state index < -0.39 is 8.80 Å². The van der Waals surface area contributed by atoms with Crippen molar-refractivity contribution in [3.8, 4) is 11.5 Å². The first-order valence-electron chi connectivity index (χ1n) is 7.92. The molecule has 1 aromatic carbocycles. The molecule has 1 saturated heterocycles. The standard InChI is InChI=1S/C16H26O4Si/c1-4-8-16-13(5-2)12-18-21(6-3,20-16)19-15-10-7-9-14(17)11-15/h7,9-11,13,16-17H,4-6,8,12H2,1-3H3/t13-,16-,21?/m0/s1. The van der Waals surface area contributed by atoms with Crippen LogP contribution in [0, 0.1) is 5.92 Å². The number of phenolic OH excluding ortho intramolecular Hbond substituents is 1. The van der Waals surface area contributed by atoms with Gasteiger partial charge in [-0.1, -0.05) is 33.3 Å². The monoisotopic (exact) mass is 310 g/mol. The minimum atomic E-state index is -2.69. The van der Waals surface area contributed by atoms with Gasteiger partial charge in [-0.15, -0.1) is 0 Å². The second-order valence-electron chi connectivity index (χ2n) is 5.56. The van der Waals surface area contributed by atoms with E-state index in [1.807, 2.05) is 13.0 Å². The van der Waals surface area contributed by atoms with E-state index in [1.54, 1.807) is 18.2 Å². The van der Waals surface area contributed by atoms with Gasteiger partial charge in [-0.25, -0.2) is 0 Å². The molecular weight excluding hydrogens is 284 g/mol. The topological polar surface area (TPSA) is 47.9 Å². The highest BCUT2D eigenvalue weighted by molar-refractivity contribution is 6.61. The Morgan fingerprint density at radius 2 is 2.14 bits per heavy atom. The molecule has 21 heavy (non-hydrogen) atoms. The molecule has 0 spiro atoms. The van der Waals surface area contributed by atoms with Crippen LogP contribution < -0.4 is 4.43 Å². The minimum Gasteiger partial charge on any atom is -0.508 e. The van der Waals surface area contributed by atoms with E-state index in [0.717, 1.165) is 25.3 Å². The summed E-state index contributed by atoms with van der Waals surface area (Å²) in [5.41, 5.74) is 0. The minimum absolute atomic E-state index is 0.195. The second kappa shape index (κ2) is 7.29. The molecule has 0 aliphatic carbocycles. The molecule has 0 amide bonds. The van der Waals surface area contributed by atoms with Gasteiger partial charge in [0.25, 0.3) is 0 Å². The molecule has 1 fully saturated rings. The maximum atomic E-state index is 9.57. The number of benzene rings is 1. The van der Waals surface area contributed by atoms with Gasteiger partial charge in [0.05, 0.1) is 6.10 Å². The van der Waals surface area contributed by atoms with Gasteiger partial charge >= 0.3 is 8.80 Å². The third-order valence-electron chi connectivity index (χ3n) is 4.00. The molecule has 1 N–H and O–H groups in total. The first kappa shape index (κ1) is 16.3. The Morgan fingerprint density at radius 1 is 1.33 bits per heavy atom. The number of hydrogen-bond acceptors (Lipinski definition) is 4. The first-order chi connectivity index (χ1) is 10.1. The summed E-state index contributed by atoms with van der Waals surface area (Å²) in [7, 11) is -2.69. The largest absolute Gasteiger partial charge is 0.566 e. The van der Waals surface area contributed by atoms with Crippen LogP contribution in [-0.4, -0.2) is 26.6 Å². The van der Waals surface area contributed by atoms with Gasteiger partial charge < -0.3 is 18.4 Å². The van der Waals surface area contributed by atoms with Crippen molar-refractivity contribution in [1.82, 2.24) is 0 Å². The molecule has 2 rings (SSSR count). The molecule has 5 heteroatoms. The lowest BCUT2D eigenvalue weighted by molar-refractivity contribution is -0.0405. The van der Waals surface area contributed by atoms with Gasteiger partial charge in [0.15, 0.2) is 0 Å². The first-order valence-corrected chi connectivity index (χ1v) is 9.85. The summed E-state index contributed by atoms with van der Waals surface area (Å²) in [6.45, 7) is 7.11.